The number of amides is 1. The van der Waals surface area contributed by atoms with Gasteiger partial charge < -0.3 is 38.4 Å². The number of nitrogens with one attached hydrogen (secondary N) is 1. The number of hydrogen-bond acceptors (Lipinski definition) is 9. The number of ether oxygens (including phenoxy) is 1. The van der Waals surface area contributed by atoms with Crippen LogP contribution in [0, 0.1) is 6.92 Å². The Morgan fingerprint density at radius 3 is 2.49 bits per heavy atom. The van der Waals surface area contributed by atoms with E-state index in [-0.39, 0.29) is 17.4 Å². The molecule has 0 saturated carbocycles. The molecular weight excluding hydrogens is 594 g/mol. The predicted octanol–water partition coefficient (Wildman–Crippen LogP) is 1.90. The number of nitrogens with zero attached hydrogens (tertiary/aromatic N) is 3. The van der Waals surface area contributed by atoms with Crippen molar-refractivity contribution in [1.29, 1.82) is 0 Å². The molecule has 4 heterocycles. The number of H-pyrrole nitrogens is 1. The fraction of sp³-hybridized carbons (Fsp3) is 0.345. The molecule has 6 rings (SSSR count). The van der Waals surface area contributed by atoms with Gasteiger partial charge >= 0.3 is 5.97 Å². The summed E-state index contributed by atoms with van der Waals surface area (Å²) in [6.45, 7) is 7.39. The van der Waals surface area contributed by atoms with Gasteiger partial charge in [0, 0.05) is 54.7 Å². The fourth-order valence-corrected chi connectivity index (χ4v) is 5.65. The molecular formula is C29H32BrN5O6. The van der Waals surface area contributed by atoms with Crippen LogP contribution >= 0.6 is 16.3 Å². The van der Waals surface area contributed by atoms with E-state index in [2.05, 4.69) is 45.1 Å². The number of anilines is 1. The molecule has 3 aliphatic rings. The van der Waals surface area contributed by atoms with E-state index in [0.717, 1.165) is 11.0 Å². The number of aromatic nitrogens is 1. The van der Waals surface area contributed by atoms with Crippen molar-refractivity contribution in [1.82, 2.24) is 19.7 Å². The summed E-state index contributed by atoms with van der Waals surface area (Å²) < 4.78 is 15.8. The number of fused-ring (bicyclic) bond motifs is 3. The number of halogens is 1. The van der Waals surface area contributed by atoms with Crippen LogP contribution in [0.2, 0.25) is 0 Å². The first-order chi connectivity index (χ1) is 19.7. The molecule has 1 amide bonds. The summed E-state index contributed by atoms with van der Waals surface area (Å²) in [4.78, 5) is 46.6. The second kappa shape index (κ2) is 11.9. The number of carbonyl (C=O) groups excluding carboxylic acids is 3. The molecule has 216 valence electrons. The van der Waals surface area contributed by atoms with E-state index >= 15 is 0 Å². The molecule has 2 aromatic heterocycles. The standard InChI is InChI=1S/C23H18BrN3O6.C6H14N2/c1-11-19(23(30)33-24)20-14-6-7-27(15(14)3-5-17(31-10-28)21(20)26-11)22(29)18-9-12-8-13(25)2-4-16(12)32-18;1-7-3-5-8(2)6-4-7/h2-5,8-10,15,26H,6-7,25H2,1H3;3-6H2,1-2H3. The summed E-state index contributed by atoms with van der Waals surface area (Å²) in [5.74, 6) is -0.463. The molecule has 2 aliphatic heterocycles. The maximum atomic E-state index is 13.4. The zero-order valence-corrected chi connectivity index (χ0v) is 24.7. The van der Waals surface area contributed by atoms with E-state index in [0.29, 0.717) is 52.5 Å². The fourth-order valence-electron chi connectivity index (χ4n) is 5.49. The molecule has 1 atom stereocenters. The maximum absolute atomic E-state index is 13.4. The number of nitrogens with two attached hydrogens (primary N) is 1. The van der Waals surface area contributed by atoms with Crippen molar-refractivity contribution in [2.45, 2.75) is 19.4 Å². The molecule has 3 aromatic rings. The van der Waals surface area contributed by atoms with Crippen LogP contribution in [-0.4, -0.2) is 90.9 Å². The number of nitrogen functional groups attached to an aromatic ring is 1. The van der Waals surface area contributed by atoms with Gasteiger partial charge in [-0.3, -0.25) is 9.59 Å². The molecule has 1 unspecified atom stereocenters. The van der Waals surface area contributed by atoms with Gasteiger partial charge in [-0.05, 0) is 63.4 Å². The highest BCUT2D eigenvalue weighted by molar-refractivity contribution is 9.06. The maximum Gasteiger partial charge on any atom is 0.352 e. The highest BCUT2D eigenvalue weighted by Gasteiger charge is 2.36. The second-order valence-corrected chi connectivity index (χ2v) is 10.7. The summed E-state index contributed by atoms with van der Waals surface area (Å²) in [7, 11) is 4.35. The van der Waals surface area contributed by atoms with Crippen molar-refractivity contribution >= 4 is 62.6 Å². The second-order valence-electron chi connectivity index (χ2n) is 10.4. The van der Waals surface area contributed by atoms with Crippen LogP contribution in [0.3, 0.4) is 0 Å². The Labute approximate surface area is 245 Å². The van der Waals surface area contributed by atoms with Gasteiger partial charge in [0.1, 0.15) is 5.58 Å². The van der Waals surface area contributed by atoms with Gasteiger partial charge in [-0.2, -0.15) is 0 Å². The minimum Gasteiger partial charge on any atom is -0.451 e. The van der Waals surface area contributed by atoms with Gasteiger partial charge in [0.25, 0.3) is 12.4 Å². The highest BCUT2D eigenvalue weighted by Crippen LogP contribution is 2.30. The molecule has 1 aliphatic carbocycles. The van der Waals surface area contributed by atoms with Crippen molar-refractivity contribution in [2.75, 3.05) is 52.6 Å². The molecule has 3 N–H and O–H groups in total. The minimum absolute atomic E-state index is 0.188. The molecule has 2 saturated heterocycles. The molecule has 1 aromatic carbocycles. The van der Waals surface area contributed by atoms with Crippen LogP contribution in [0.4, 0.5) is 5.69 Å². The summed E-state index contributed by atoms with van der Waals surface area (Å²) in [5.41, 5.74) is 8.67. The lowest BCUT2D eigenvalue weighted by molar-refractivity contribution is -0.122. The average Bonchev–Trinajstić information content (AvgIpc) is 3.64. The first kappa shape index (κ1) is 28.7. The number of carbonyl (C=O) groups is 3. The number of piperazine rings is 1. The van der Waals surface area contributed by atoms with Crippen molar-refractivity contribution in [2.24, 2.45) is 0 Å². The van der Waals surface area contributed by atoms with Gasteiger partial charge in [0.2, 0.25) is 0 Å². The van der Waals surface area contributed by atoms with Crippen LogP contribution in [0.1, 0.15) is 33.0 Å². The number of benzene rings is 1. The summed E-state index contributed by atoms with van der Waals surface area (Å²) in [6.07, 6.45) is 3.90. The van der Waals surface area contributed by atoms with E-state index in [4.69, 9.17) is 18.7 Å². The smallest absolute Gasteiger partial charge is 0.352 e. The zero-order chi connectivity index (χ0) is 29.3. The Morgan fingerprint density at radius 1 is 1.12 bits per heavy atom. The normalized spacial score (nSPS) is 18.8. The van der Waals surface area contributed by atoms with E-state index in [1.165, 1.54) is 26.2 Å². The van der Waals surface area contributed by atoms with E-state index < -0.39 is 12.0 Å². The first-order valence-electron chi connectivity index (χ1n) is 13.3. The summed E-state index contributed by atoms with van der Waals surface area (Å²) >= 11 is 2.76. The van der Waals surface area contributed by atoms with Crippen molar-refractivity contribution in [3.63, 3.8) is 0 Å². The Morgan fingerprint density at radius 2 is 1.83 bits per heavy atom. The Bertz CT molecular complexity index is 1640. The van der Waals surface area contributed by atoms with E-state index in [1.807, 2.05) is 0 Å². The molecule has 2 fully saturated rings. The number of aromatic amines is 1. The Balaban J connectivity index is 0.000000365. The number of furan rings is 1. The van der Waals surface area contributed by atoms with Gasteiger partial charge in [-0.25, -0.2) is 4.79 Å². The average molecular weight is 627 g/mol. The monoisotopic (exact) mass is 625 g/mol. The van der Waals surface area contributed by atoms with Crippen molar-refractivity contribution in [3.8, 4) is 0 Å². The van der Waals surface area contributed by atoms with Gasteiger partial charge in [0.05, 0.1) is 17.0 Å². The SMILES string of the molecule is CN1CCN(C)CC1.Cc1[nH]c2c(c1C(=O)OBr)=C1CCN(C(=O)c3cc4cc(N)ccc4o3)C1C=CC=2OC=O. The minimum atomic E-state index is -0.594. The molecule has 12 heteroatoms. The third kappa shape index (κ3) is 5.67. The lowest BCUT2D eigenvalue weighted by Gasteiger charge is -2.28. The Hall–Kier alpha value is -3.87. The number of hydrogen-bond donors (Lipinski definition) is 2. The van der Waals surface area contributed by atoms with Crippen LogP contribution in [0.5, 0.6) is 0 Å². The predicted molar refractivity (Wildman–Crippen MR) is 157 cm³/mol. The number of likely N-dealkylation sites (N-methyl/N-ethyl adjacent to an activating group) is 2. The molecule has 11 nitrogen and oxygen atoms in total. The lowest BCUT2D eigenvalue weighted by Crippen LogP contribution is -2.42. The van der Waals surface area contributed by atoms with Gasteiger partial charge in [-0.15, -0.1) is 0 Å². The molecule has 0 bridgehead atoms. The third-order valence-electron chi connectivity index (χ3n) is 7.69. The summed E-state index contributed by atoms with van der Waals surface area (Å²) in [6, 6.07) is 6.37. The van der Waals surface area contributed by atoms with Crippen LogP contribution in [-0.2, 0) is 13.4 Å². The third-order valence-corrected chi connectivity index (χ3v) is 7.98. The van der Waals surface area contributed by atoms with Crippen molar-refractivity contribution in [3.05, 3.63) is 64.0 Å². The van der Waals surface area contributed by atoms with E-state index in [1.54, 1.807) is 48.2 Å². The van der Waals surface area contributed by atoms with E-state index in [9.17, 15) is 14.4 Å². The van der Waals surface area contributed by atoms with Gasteiger partial charge in [-0.1, -0.05) is 6.08 Å². The number of rotatable bonds is 4. The zero-order valence-electron chi connectivity index (χ0n) is 23.1. The lowest BCUT2D eigenvalue weighted by atomic mass is 10.0. The molecule has 41 heavy (non-hydrogen) atoms. The van der Waals surface area contributed by atoms with Crippen LogP contribution in [0.15, 0.2) is 40.8 Å². The molecule has 0 spiro atoms. The largest absolute Gasteiger partial charge is 0.451 e. The number of likely N-dealkylation sites (tertiary alicyclic amines) is 1. The van der Waals surface area contributed by atoms with Crippen molar-refractivity contribution < 1.29 is 27.4 Å². The molecule has 0 radical (unpaired) electrons. The van der Waals surface area contributed by atoms with Gasteiger partial charge in [0.15, 0.2) is 27.8 Å². The Kier molecular flexibility index (Phi) is 8.34. The quantitative estimate of drug-likeness (QED) is 0.329. The highest BCUT2D eigenvalue weighted by atomic mass is 79.9. The summed E-state index contributed by atoms with van der Waals surface area (Å²) in [5, 5.41) is 1.78. The van der Waals surface area contributed by atoms with Crippen LogP contribution < -0.4 is 16.3 Å². The first-order valence-corrected chi connectivity index (χ1v) is 13.9. The number of aryl methyl sites for hydroxylation is 1. The topological polar surface area (TPSA) is 134 Å². The van der Waals surface area contributed by atoms with Crippen LogP contribution in [0.25, 0.3) is 22.3 Å².